The fourth-order valence-electron chi connectivity index (χ4n) is 4.15. The number of rotatable bonds is 11. The molecule has 0 radical (unpaired) electrons. The average Bonchev–Trinajstić information content (AvgIpc) is 3.56. The summed E-state index contributed by atoms with van der Waals surface area (Å²) < 4.78 is 39.6. The highest BCUT2D eigenvalue weighted by atomic mass is 32.2. The Kier molecular flexibility index (Phi) is 8.61. The molecule has 0 saturated carbocycles. The highest BCUT2D eigenvalue weighted by molar-refractivity contribution is 7.89. The summed E-state index contributed by atoms with van der Waals surface area (Å²) >= 11 is 1.43. The molecule has 1 saturated heterocycles. The third-order valence-corrected chi connectivity index (χ3v) is 9.11. The van der Waals surface area contributed by atoms with E-state index in [2.05, 4.69) is 0 Å². The van der Waals surface area contributed by atoms with E-state index in [1.807, 2.05) is 32.0 Å². The van der Waals surface area contributed by atoms with Crippen molar-refractivity contribution in [1.82, 2.24) is 9.29 Å². The van der Waals surface area contributed by atoms with E-state index in [9.17, 15) is 13.2 Å². The van der Waals surface area contributed by atoms with Crippen LogP contribution in [0.1, 0.15) is 49.9 Å². The Morgan fingerprint density at radius 2 is 1.97 bits per heavy atom. The molecular weight excluding hydrogens is 498 g/mol. The number of hydrogen-bond acceptors (Lipinski definition) is 7. The Morgan fingerprint density at radius 3 is 2.64 bits per heavy atom. The average molecular weight is 532 g/mol. The number of ether oxygens (including phenoxy) is 2. The second-order valence-corrected chi connectivity index (χ2v) is 11.8. The van der Waals surface area contributed by atoms with Gasteiger partial charge in [0.25, 0.3) is 5.91 Å². The van der Waals surface area contributed by atoms with Crippen LogP contribution in [0.25, 0.3) is 10.2 Å². The maximum atomic E-state index is 13.7. The van der Waals surface area contributed by atoms with E-state index in [0.29, 0.717) is 42.7 Å². The van der Waals surface area contributed by atoms with E-state index in [-0.39, 0.29) is 16.9 Å². The van der Waals surface area contributed by atoms with Gasteiger partial charge < -0.3 is 9.47 Å². The minimum absolute atomic E-state index is 0.0702. The van der Waals surface area contributed by atoms with Crippen LogP contribution in [0.3, 0.4) is 0 Å². The van der Waals surface area contributed by atoms with Crippen molar-refractivity contribution < 1.29 is 22.7 Å². The third kappa shape index (κ3) is 5.72. The number of carbonyl (C=O) groups is 1. The molecule has 194 valence electrons. The largest absolute Gasteiger partial charge is 0.492 e. The van der Waals surface area contributed by atoms with Crippen molar-refractivity contribution in [3.63, 3.8) is 0 Å². The maximum Gasteiger partial charge on any atom is 0.260 e. The highest BCUT2D eigenvalue weighted by Crippen LogP contribution is 2.35. The van der Waals surface area contributed by atoms with Crippen LogP contribution in [0, 0.1) is 0 Å². The Labute approximate surface area is 216 Å². The van der Waals surface area contributed by atoms with Gasteiger partial charge in [-0.05, 0) is 62.6 Å². The lowest BCUT2D eigenvalue weighted by atomic mass is 10.2. The number of anilines is 1. The molecular formula is C26H33N3O5S2. The lowest BCUT2D eigenvalue weighted by Gasteiger charge is -2.23. The predicted molar refractivity (Wildman–Crippen MR) is 143 cm³/mol. The van der Waals surface area contributed by atoms with Crippen LogP contribution in [-0.4, -0.2) is 63.1 Å². The molecule has 1 fully saturated rings. The summed E-state index contributed by atoms with van der Waals surface area (Å²) in [6.45, 7) is 5.97. The molecule has 1 aliphatic heterocycles. The Balaban J connectivity index is 1.64. The van der Waals surface area contributed by atoms with Crippen molar-refractivity contribution in [3.8, 4) is 5.75 Å². The predicted octanol–water partition coefficient (Wildman–Crippen LogP) is 4.94. The summed E-state index contributed by atoms with van der Waals surface area (Å²) in [7, 11) is -2.03. The minimum atomic E-state index is -3.61. The molecule has 2 heterocycles. The van der Waals surface area contributed by atoms with Gasteiger partial charge in [0.05, 0.1) is 28.9 Å². The number of nitrogens with zero attached hydrogens (tertiary/aromatic N) is 3. The lowest BCUT2D eigenvalue weighted by Crippen LogP contribution is -2.37. The standard InChI is InChI=1S/C26H33N3O5S2/c1-4-6-16-28(3)36(31,32)21-14-12-19(13-15-21)25(30)29(18-20-9-8-17-34-20)26-27-24-22(33-5-2)10-7-11-23(24)35-26/h7,10-15,20H,4-6,8-9,16-18H2,1-3H3. The fourth-order valence-corrected chi connectivity index (χ4v) is 6.35. The van der Waals surface area contributed by atoms with Crippen LogP contribution in [-0.2, 0) is 14.8 Å². The first-order chi connectivity index (χ1) is 17.3. The van der Waals surface area contributed by atoms with Crippen LogP contribution < -0.4 is 9.64 Å². The maximum absolute atomic E-state index is 13.7. The van der Waals surface area contributed by atoms with E-state index >= 15 is 0 Å². The van der Waals surface area contributed by atoms with E-state index < -0.39 is 10.0 Å². The molecule has 36 heavy (non-hydrogen) atoms. The number of thiazole rings is 1. The van der Waals surface area contributed by atoms with Crippen LogP contribution in [0.5, 0.6) is 5.75 Å². The van der Waals surface area contributed by atoms with Gasteiger partial charge in [0.15, 0.2) is 5.13 Å². The van der Waals surface area contributed by atoms with E-state index in [4.69, 9.17) is 14.5 Å². The van der Waals surface area contributed by atoms with Crippen LogP contribution in [0.15, 0.2) is 47.4 Å². The monoisotopic (exact) mass is 531 g/mol. The van der Waals surface area contributed by atoms with Gasteiger partial charge >= 0.3 is 0 Å². The van der Waals surface area contributed by atoms with Crippen molar-refractivity contribution in [2.75, 3.05) is 38.3 Å². The van der Waals surface area contributed by atoms with Crippen molar-refractivity contribution in [3.05, 3.63) is 48.0 Å². The van der Waals surface area contributed by atoms with Crippen molar-refractivity contribution in [1.29, 1.82) is 0 Å². The van der Waals surface area contributed by atoms with Crippen molar-refractivity contribution in [2.45, 2.75) is 50.5 Å². The number of aromatic nitrogens is 1. The zero-order chi connectivity index (χ0) is 25.7. The van der Waals surface area contributed by atoms with Crippen molar-refractivity contribution >= 4 is 42.6 Å². The molecule has 2 aromatic carbocycles. The van der Waals surface area contributed by atoms with E-state index in [1.54, 1.807) is 24.1 Å². The zero-order valence-corrected chi connectivity index (χ0v) is 22.6. The number of hydrogen-bond donors (Lipinski definition) is 0. The molecule has 0 bridgehead atoms. The number of fused-ring (bicyclic) bond motifs is 1. The molecule has 1 amide bonds. The number of sulfonamides is 1. The number of carbonyl (C=O) groups excluding carboxylic acids is 1. The molecule has 1 aromatic heterocycles. The van der Waals surface area contributed by atoms with E-state index in [1.165, 1.54) is 27.8 Å². The van der Waals surface area contributed by atoms with Gasteiger partial charge in [0.2, 0.25) is 10.0 Å². The number of benzene rings is 2. The van der Waals surface area contributed by atoms with Gasteiger partial charge in [-0.2, -0.15) is 0 Å². The summed E-state index contributed by atoms with van der Waals surface area (Å²) in [5.41, 5.74) is 1.12. The summed E-state index contributed by atoms with van der Waals surface area (Å²) in [5.74, 6) is 0.439. The molecule has 1 unspecified atom stereocenters. The normalized spacial score (nSPS) is 16.1. The van der Waals surface area contributed by atoms with Crippen LogP contribution in [0.4, 0.5) is 5.13 Å². The van der Waals surface area contributed by atoms with E-state index in [0.717, 1.165) is 35.9 Å². The third-order valence-electron chi connectivity index (χ3n) is 6.19. The van der Waals surface area contributed by atoms with Crippen molar-refractivity contribution in [2.24, 2.45) is 0 Å². The highest BCUT2D eigenvalue weighted by Gasteiger charge is 2.28. The first-order valence-electron chi connectivity index (χ1n) is 12.4. The summed E-state index contributed by atoms with van der Waals surface area (Å²) in [6.07, 6.45) is 3.46. The second-order valence-electron chi connectivity index (χ2n) is 8.79. The SMILES string of the molecule is CCCCN(C)S(=O)(=O)c1ccc(C(=O)N(CC2CCCO2)c2nc3c(OCC)cccc3s2)cc1. The first kappa shape index (κ1) is 26.5. The molecule has 0 N–H and O–H groups in total. The molecule has 0 spiro atoms. The molecule has 10 heteroatoms. The van der Waals surface area contributed by atoms with Gasteiger partial charge in [-0.15, -0.1) is 0 Å². The topological polar surface area (TPSA) is 89.0 Å². The van der Waals surface area contributed by atoms with Crippen LogP contribution >= 0.6 is 11.3 Å². The summed E-state index contributed by atoms with van der Waals surface area (Å²) in [5, 5.41) is 0.564. The number of amides is 1. The minimum Gasteiger partial charge on any atom is -0.492 e. The Morgan fingerprint density at radius 1 is 1.19 bits per heavy atom. The molecule has 1 aliphatic rings. The van der Waals surface area contributed by atoms with Gasteiger partial charge in [-0.25, -0.2) is 17.7 Å². The van der Waals surface area contributed by atoms with Gasteiger partial charge in [-0.3, -0.25) is 9.69 Å². The Hall–Kier alpha value is -2.53. The summed E-state index contributed by atoms with van der Waals surface area (Å²) in [6, 6.07) is 11.9. The second kappa shape index (κ2) is 11.7. The molecule has 4 rings (SSSR count). The zero-order valence-electron chi connectivity index (χ0n) is 21.0. The quantitative estimate of drug-likeness (QED) is 0.348. The van der Waals surface area contributed by atoms with Crippen LogP contribution in [0.2, 0.25) is 0 Å². The molecule has 8 nitrogen and oxygen atoms in total. The smallest absolute Gasteiger partial charge is 0.260 e. The molecule has 3 aromatic rings. The van der Waals surface area contributed by atoms with Gasteiger partial charge in [-0.1, -0.05) is 30.7 Å². The first-order valence-corrected chi connectivity index (χ1v) is 14.6. The Bertz CT molecular complexity index is 1280. The lowest BCUT2D eigenvalue weighted by molar-refractivity contribution is 0.0917. The summed E-state index contributed by atoms with van der Waals surface area (Å²) in [4.78, 5) is 20.3. The fraction of sp³-hybridized carbons (Fsp3) is 0.462. The number of para-hydroxylation sites is 1. The molecule has 0 aliphatic carbocycles. The molecule has 1 atom stereocenters. The number of unbranched alkanes of at least 4 members (excludes halogenated alkanes) is 1. The van der Waals surface area contributed by atoms with Gasteiger partial charge in [0.1, 0.15) is 11.3 Å². The van der Waals surface area contributed by atoms with Gasteiger partial charge in [0, 0.05) is 25.8 Å².